The van der Waals surface area contributed by atoms with Gasteiger partial charge in [-0.1, -0.05) is 54.6 Å². The van der Waals surface area contributed by atoms with Gasteiger partial charge in [0.05, 0.1) is 11.1 Å². The van der Waals surface area contributed by atoms with Crippen molar-refractivity contribution in [3.63, 3.8) is 0 Å². The van der Waals surface area contributed by atoms with Crippen LogP contribution in [0.4, 0.5) is 0 Å². The maximum Gasteiger partial charge on any atom is 0.338 e. The number of esters is 2. The molecular weight excluding hydrogens is 488 g/mol. The van der Waals surface area contributed by atoms with Crippen LogP contribution in [0, 0.1) is 17.8 Å². The number of hydrogen-bond donors (Lipinski definition) is 0. The molecule has 2 bridgehead atoms. The summed E-state index contributed by atoms with van der Waals surface area (Å²) in [4.78, 5) is 26.4. The van der Waals surface area contributed by atoms with Gasteiger partial charge in [-0.3, -0.25) is 0 Å². The predicted molar refractivity (Wildman–Crippen MR) is 147 cm³/mol. The second kappa shape index (κ2) is 8.57. The maximum atomic E-state index is 13.2. The number of furan rings is 1. The lowest BCUT2D eigenvalue weighted by atomic mass is 9.76. The van der Waals surface area contributed by atoms with Crippen molar-refractivity contribution in [1.29, 1.82) is 0 Å². The van der Waals surface area contributed by atoms with Gasteiger partial charge in [-0.05, 0) is 78.3 Å². The van der Waals surface area contributed by atoms with Gasteiger partial charge in [0, 0.05) is 22.6 Å². The maximum absolute atomic E-state index is 13.2. The number of carbonyl (C=O) groups excluding carboxylic acids is 2. The fraction of sp³-hybridized carbons (Fsp3) is 0.235. The monoisotopic (exact) mass is 514 g/mol. The van der Waals surface area contributed by atoms with Crippen LogP contribution in [0.3, 0.4) is 0 Å². The molecule has 192 valence electrons. The highest BCUT2D eigenvalue weighted by Gasteiger charge is 2.63. The van der Waals surface area contributed by atoms with Gasteiger partial charge in [0.15, 0.2) is 0 Å². The van der Waals surface area contributed by atoms with Gasteiger partial charge < -0.3 is 13.9 Å². The lowest BCUT2D eigenvalue weighted by molar-refractivity contribution is -0.0698. The van der Waals surface area contributed by atoms with E-state index >= 15 is 0 Å². The summed E-state index contributed by atoms with van der Waals surface area (Å²) >= 11 is 0. The summed E-state index contributed by atoms with van der Waals surface area (Å²) < 4.78 is 18.6. The van der Waals surface area contributed by atoms with Gasteiger partial charge in [-0.15, -0.1) is 0 Å². The Kier molecular flexibility index (Phi) is 4.96. The Bertz CT molecular complexity index is 1740. The quantitative estimate of drug-likeness (QED) is 0.243. The molecule has 0 radical (unpaired) electrons. The molecule has 5 unspecified atom stereocenters. The van der Waals surface area contributed by atoms with E-state index in [1.54, 1.807) is 24.3 Å². The van der Waals surface area contributed by atoms with Crippen molar-refractivity contribution in [2.24, 2.45) is 17.8 Å². The molecule has 3 aliphatic carbocycles. The largest absolute Gasteiger partial charge is 0.456 e. The number of hydrogen-bond acceptors (Lipinski definition) is 5. The Morgan fingerprint density at radius 3 is 1.95 bits per heavy atom. The van der Waals surface area contributed by atoms with Crippen molar-refractivity contribution in [2.75, 3.05) is 0 Å². The molecular formula is C34H26O5. The van der Waals surface area contributed by atoms with Crippen molar-refractivity contribution in [1.82, 2.24) is 0 Å². The van der Waals surface area contributed by atoms with Crippen molar-refractivity contribution >= 4 is 33.9 Å². The number of fused-ring (bicyclic) bond motifs is 10. The first kappa shape index (κ1) is 22.6. The molecule has 3 aliphatic rings. The molecule has 2 saturated carbocycles. The van der Waals surface area contributed by atoms with E-state index < -0.39 is 12.2 Å². The molecule has 1 aromatic heterocycles. The molecule has 2 fully saturated rings. The van der Waals surface area contributed by atoms with Crippen molar-refractivity contribution in [2.45, 2.75) is 31.0 Å². The summed E-state index contributed by atoms with van der Waals surface area (Å²) in [6.45, 7) is 0. The molecule has 8 rings (SSSR count). The van der Waals surface area contributed by atoms with Gasteiger partial charge in [0.2, 0.25) is 0 Å². The number of ether oxygens (including phenoxy) is 2. The summed E-state index contributed by atoms with van der Waals surface area (Å²) in [5, 5.41) is 2.26. The smallest absolute Gasteiger partial charge is 0.338 e. The first-order valence-electron chi connectivity index (χ1n) is 13.6. The van der Waals surface area contributed by atoms with E-state index in [2.05, 4.69) is 18.2 Å². The van der Waals surface area contributed by atoms with Gasteiger partial charge in [0.25, 0.3) is 0 Å². The summed E-state index contributed by atoms with van der Waals surface area (Å²) in [5.74, 6) is 0.0215. The van der Waals surface area contributed by atoms with E-state index in [1.807, 2.05) is 54.6 Å². The van der Waals surface area contributed by atoms with Crippen molar-refractivity contribution in [3.8, 4) is 0 Å². The SMILES string of the molecule is O=C(OC1C2C[C@@H](C3Cc4cc5c(cc4C23)oc2ccccc25)C1OC(=O)c1ccccc1)c1ccccc1. The zero-order valence-corrected chi connectivity index (χ0v) is 21.2. The van der Waals surface area contributed by atoms with Crippen LogP contribution in [-0.4, -0.2) is 24.1 Å². The molecule has 0 aliphatic heterocycles. The van der Waals surface area contributed by atoms with E-state index in [-0.39, 0.29) is 29.7 Å². The van der Waals surface area contributed by atoms with Crippen LogP contribution in [0.1, 0.15) is 44.2 Å². The summed E-state index contributed by atoms with van der Waals surface area (Å²) in [7, 11) is 0. The fourth-order valence-electron chi connectivity index (χ4n) is 7.58. The topological polar surface area (TPSA) is 65.7 Å². The molecule has 1 heterocycles. The van der Waals surface area contributed by atoms with E-state index in [9.17, 15) is 9.59 Å². The van der Waals surface area contributed by atoms with Crippen molar-refractivity contribution < 1.29 is 23.5 Å². The Hall–Kier alpha value is -4.38. The molecule has 39 heavy (non-hydrogen) atoms. The van der Waals surface area contributed by atoms with Crippen LogP contribution < -0.4 is 0 Å². The van der Waals surface area contributed by atoms with E-state index in [0.29, 0.717) is 17.0 Å². The van der Waals surface area contributed by atoms with E-state index in [4.69, 9.17) is 13.9 Å². The second-order valence-electron chi connectivity index (χ2n) is 11.1. The second-order valence-corrected chi connectivity index (χ2v) is 11.1. The number of para-hydroxylation sites is 1. The molecule has 0 amide bonds. The van der Waals surface area contributed by atoms with Crippen LogP contribution in [0.5, 0.6) is 0 Å². The van der Waals surface area contributed by atoms with Crippen LogP contribution in [-0.2, 0) is 15.9 Å². The van der Waals surface area contributed by atoms with Crippen LogP contribution in [0.2, 0.25) is 0 Å². The van der Waals surface area contributed by atoms with Gasteiger partial charge in [0.1, 0.15) is 23.4 Å². The Labute approximate surface area is 225 Å². The average molecular weight is 515 g/mol. The number of carbonyl (C=O) groups is 2. The number of benzene rings is 4. The lowest BCUT2D eigenvalue weighted by Crippen LogP contribution is -2.45. The first-order valence-corrected chi connectivity index (χ1v) is 13.6. The van der Waals surface area contributed by atoms with Gasteiger partial charge in [-0.2, -0.15) is 0 Å². The zero-order valence-electron chi connectivity index (χ0n) is 21.2. The minimum atomic E-state index is -0.506. The molecule has 5 aromatic rings. The van der Waals surface area contributed by atoms with Crippen LogP contribution in [0.15, 0.2) is 101 Å². The summed E-state index contributed by atoms with van der Waals surface area (Å²) in [5.41, 5.74) is 5.40. The molecule has 0 N–H and O–H groups in total. The Morgan fingerprint density at radius 1 is 0.641 bits per heavy atom. The lowest BCUT2D eigenvalue weighted by Gasteiger charge is -2.37. The highest BCUT2D eigenvalue weighted by atomic mass is 16.6. The fourth-order valence-corrected chi connectivity index (χ4v) is 7.58. The number of rotatable bonds is 4. The zero-order chi connectivity index (χ0) is 26.1. The molecule has 0 spiro atoms. The molecule has 0 saturated heterocycles. The highest BCUT2D eigenvalue weighted by Crippen LogP contribution is 2.63. The third-order valence-electron chi connectivity index (χ3n) is 9.14. The normalized spacial score (nSPS) is 26.5. The average Bonchev–Trinajstić information content (AvgIpc) is 3.71. The van der Waals surface area contributed by atoms with E-state index in [0.717, 1.165) is 34.8 Å². The summed E-state index contributed by atoms with van der Waals surface area (Å²) in [6.07, 6.45) is 0.811. The minimum Gasteiger partial charge on any atom is -0.456 e. The first-order chi connectivity index (χ1) is 19.2. The van der Waals surface area contributed by atoms with Crippen LogP contribution >= 0.6 is 0 Å². The standard InChI is InChI=1S/C34H26O5/c35-33(19-9-3-1-4-10-19)38-31-26-17-27(32(31)39-34(36)20-11-5-2-6-12-20)30-23-18-29-24(15-21(23)16-25(26)30)22-13-7-8-14-28(22)37-29/h1-15,18,25-27,30-32H,16-17H2/t25?,26-,27?,30?,31?,32?/m0/s1. The third kappa shape index (κ3) is 3.46. The minimum absolute atomic E-state index is 0.0734. The van der Waals surface area contributed by atoms with Gasteiger partial charge >= 0.3 is 11.9 Å². The predicted octanol–water partition coefficient (Wildman–Crippen LogP) is 6.94. The molecule has 5 nitrogen and oxygen atoms in total. The van der Waals surface area contributed by atoms with Gasteiger partial charge in [-0.25, -0.2) is 9.59 Å². The van der Waals surface area contributed by atoms with Crippen molar-refractivity contribution in [3.05, 3.63) is 119 Å². The Morgan fingerprint density at radius 2 is 1.26 bits per heavy atom. The van der Waals surface area contributed by atoms with Crippen LogP contribution in [0.25, 0.3) is 21.9 Å². The molecule has 5 heteroatoms. The molecule has 6 atom stereocenters. The highest BCUT2D eigenvalue weighted by molar-refractivity contribution is 6.05. The summed E-state index contributed by atoms with van der Waals surface area (Å²) in [6, 6.07) is 30.7. The molecule has 4 aromatic carbocycles. The van der Waals surface area contributed by atoms with E-state index in [1.165, 1.54) is 11.1 Å². The Balaban J connectivity index is 1.16. The third-order valence-corrected chi connectivity index (χ3v) is 9.14.